The van der Waals surface area contributed by atoms with E-state index in [4.69, 9.17) is 0 Å². The van der Waals surface area contributed by atoms with Gasteiger partial charge in [0.05, 0.1) is 5.41 Å². The van der Waals surface area contributed by atoms with Gasteiger partial charge in [-0.15, -0.1) is 11.3 Å². The third kappa shape index (κ3) is 2.69. The number of halogens is 1. The molecule has 0 spiro atoms. The first-order valence-corrected chi connectivity index (χ1v) is 9.16. The summed E-state index contributed by atoms with van der Waals surface area (Å²) >= 11 is 1.82. The summed E-state index contributed by atoms with van der Waals surface area (Å²) in [5.41, 5.74) is 0.605. The molecule has 2 fully saturated rings. The summed E-state index contributed by atoms with van der Waals surface area (Å²) in [7, 11) is 0. The highest BCUT2D eigenvalue weighted by molar-refractivity contribution is 7.10. The smallest absolute Gasteiger partial charge is 0.233 e. The fourth-order valence-corrected chi connectivity index (χ4v) is 4.61. The van der Waals surface area contributed by atoms with Crippen LogP contribution in [-0.4, -0.2) is 23.9 Å². The van der Waals surface area contributed by atoms with Crippen LogP contribution in [0, 0.1) is 5.82 Å². The maximum absolute atomic E-state index is 13.1. The van der Waals surface area contributed by atoms with Gasteiger partial charge in [-0.25, -0.2) is 4.39 Å². The molecule has 1 aromatic carbocycles. The monoisotopic (exact) mass is 329 g/mol. The van der Waals surface area contributed by atoms with E-state index in [1.54, 1.807) is 12.1 Å². The highest BCUT2D eigenvalue weighted by Crippen LogP contribution is 2.50. The van der Waals surface area contributed by atoms with E-state index in [1.165, 1.54) is 17.0 Å². The third-order valence-electron chi connectivity index (χ3n) is 5.28. The van der Waals surface area contributed by atoms with Crippen LogP contribution in [0.2, 0.25) is 0 Å². The predicted molar refractivity (Wildman–Crippen MR) is 90.2 cm³/mol. The fourth-order valence-electron chi connectivity index (χ4n) is 3.71. The summed E-state index contributed by atoms with van der Waals surface area (Å²) in [6.07, 6.45) is 3.88. The molecule has 4 rings (SSSR count). The van der Waals surface area contributed by atoms with Gasteiger partial charge in [0.2, 0.25) is 5.91 Å². The zero-order valence-corrected chi connectivity index (χ0v) is 13.8. The maximum atomic E-state index is 13.1. The number of rotatable bonds is 3. The van der Waals surface area contributed by atoms with E-state index >= 15 is 0 Å². The second-order valence-electron chi connectivity index (χ2n) is 6.67. The SMILES string of the molecule is O=C(N1CCC(c2cccs2)CC1)C1(c2ccc(F)cc2)CC1. The summed E-state index contributed by atoms with van der Waals surface area (Å²) < 4.78 is 13.1. The Kier molecular flexibility index (Phi) is 3.72. The summed E-state index contributed by atoms with van der Waals surface area (Å²) in [6, 6.07) is 10.8. The second kappa shape index (κ2) is 5.75. The van der Waals surface area contributed by atoms with Gasteiger partial charge in [0.15, 0.2) is 0 Å². The average Bonchev–Trinajstić information content (AvgIpc) is 3.21. The Morgan fingerprint density at radius 1 is 1.13 bits per heavy atom. The Hall–Kier alpha value is -1.68. The predicted octanol–water partition coefficient (Wildman–Crippen LogP) is 4.33. The first-order valence-electron chi connectivity index (χ1n) is 8.28. The van der Waals surface area contributed by atoms with Crippen molar-refractivity contribution in [3.05, 3.63) is 58.0 Å². The number of carbonyl (C=O) groups excluding carboxylic acids is 1. The van der Waals surface area contributed by atoms with Crippen molar-refractivity contribution in [1.29, 1.82) is 0 Å². The molecule has 0 unspecified atom stereocenters. The lowest BCUT2D eigenvalue weighted by Gasteiger charge is -2.34. The second-order valence-corrected chi connectivity index (χ2v) is 7.65. The van der Waals surface area contributed by atoms with Crippen LogP contribution in [0.15, 0.2) is 41.8 Å². The van der Waals surface area contributed by atoms with Crippen LogP contribution in [0.5, 0.6) is 0 Å². The molecule has 120 valence electrons. The van der Waals surface area contributed by atoms with Crippen LogP contribution < -0.4 is 0 Å². The molecule has 1 saturated heterocycles. The molecular formula is C19H20FNOS. The molecule has 0 bridgehead atoms. The zero-order chi connectivity index (χ0) is 15.9. The van der Waals surface area contributed by atoms with Gasteiger partial charge in [0.1, 0.15) is 5.82 Å². The molecule has 0 atom stereocenters. The van der Waals surface area contributed by atoms with E-state index in [2.05, 4.69) is 17.5 Å². The molecule has 2 heterocycles. The molecule has 0 N–H and O–H groups in total. The number of benzene rings is 1. The lowest BCUT2D eigenvalue weighted by atomic mass is 9.91. The molecule has 1 aromatic heterocycles. The Morgan fingerprint density at radius 2 is 1.83 bits per heavy atom. The van der Waals surface area contributed by atoms with E-state index in [1.807, 2.05) is 16.2 Å². The molecule has 1 amide bonds. The molecular weight excluding hydrogens is 309 g/mol. The lowest BCUT2D eigenvalue weighted by Crippen LogP contribution is -2.43. The lowest BCUT2D eigenvalue weighted by molar-refractivity contribution is -0.135. The van der Waals surface area contributed by atoms with Crippen molar-refractivity contribution in [2.24, 2.45) is 0 Å². The molecule has 0 radical (unpaired) electrons. The Labute approximate surface area is 139 Å². The van der Waals surface area contributed by atoms with Gasteiger partial charge in [-0.2, -0.15) is 0 Å². The minimum atomic E-state index is -0.372. The zero-order valence-electron chi connectivity index (χ0n) is 13.0. The Morgan fingerprint density at radius 3 is 2.39 bits per heavy atom. The summed E-state index contributed by atoms with van der Waals surface area (Å²) in [5.74, 6) is 0.600. The molecule has 1 aliphatic heterocycles. The topological polar surface area (TPSA) is 20.3 Å². The van der Waals surface area contributed by atoms with Gasteiger partial charge in [0.25, 0.3) is 0 Å². The summed E-state index contributed by atoms with van der Waals surface area (Å²) in [4.78, 5) is 16.5. The van der Waals surface area contributed by atoms with Crippen molar-refractivity contribution in [3.63, 3.8) is 0 Å². The van der Waals surface area contributed by atoms with Crippen molar-refractivity contribution in [2.45, 2.75) is 37.0 Å². The highest BCUT2D eigenvalue weighted by Gasteiger charge is 2.53. The first-order chi connectivity index (χ1) is 11.2. The normalized spacial score (nSPS) is 20.5. The molecule has 1 saturated carbocycles. The third-order valence-corrected chi connectivity index (χ3v) is 6.32. The fraction of sp³-hybridized carbons (Fsp3) is 0.421. The van der Waals surface area contributed by atoms with Gasteiger partial charge in [-0.3, -0.25) is 4.79 Å². The van der Waals surface area contributed by atoms with E-state index in [-0.39, 0.29) is 17.1 Å². The van der Waals surface area contributed by atoms with Gasteiger partial charge in [-0.05, 0) is 60.7 Å². The van der Waals surface area contributed by atoms with Crippen LogP contribution in [0.25, 0.3) is 0 Å². The summed E-state index contributed by atoms with van der Waals surface area (Å²) in [5, 5.41) is 2.13. The molecule has 1 aliphatic carbocycles. The molecule has 2 aromatic rings. The van der Waals surface area contributed by atoms with Crippen molar-refractivity contribution in [2.75, 3.05) is 13.1 Å². The maximum Gasteiger partial charge on any atom is 0.233 e. The quantitative estimate of drug-likeness (QED) is 0.821. The van der Waals surface area contributed by atoms with Crippen molar-refractivity contribution in [3.8, 4) is 0 Å². The van der Waals surface area contributed by atoms with Crippen LogP contribution in [0.3, 0.4) is 0 Å². The molecule has 4 heteroatoms. The number of nitrogens with zero attached hydrogens (tertiary/aromatic N) is 1. The molecule has 23 heavy (non-hydrogen) atoms. The standard InChI is InChI=1S/C19H20FNOS/c20-16-5-3-15(4-6-16)19(9-10-19)18(22)21-11-7-14(8-12-21)17-2-1-13-23-17/h1-6,13-14H,7-12H2. The highest BCUT2D eigenvalue weighted by atomic mass is 32.1. The van der Waals surface area contributed by atoms with Gasteiger partial charge in [0, 0.05) is 18.0 Å². The Balaban J connectivity index is 1.45. The number of hydrogen-bond acceptors (Lipinski definition) is 2. The number of piperidine rings is 1. The van der Waals surface area contributed by atoms with Crippen molar-refractivity contribution >= 4 is 17.2 Å². The van der Waals surface area contributed by atoms with Crippen molar-refractivity contribution < 1.29 is 9.18 Å². The first kappa shape index (κ1) is 14.9. The number of carbonyl (C=O) groups is 1. The van der Waals surface area contributed by atoms with Gasteiger partial charge >= 0.3 is 0 Å². The number of thiophene rings is 1. The molecule has 2 nitrogen and oxygen atoms in total. The van der Waals surface area contributed by atoms with Crippen LogP contribution in [0.4, 0.5) is 4.39 Å². The minimum absolute atomic E-state index is 0.242. The average molecular weight is 329 g/mol. The number of likely N-dealkylation sites (tertiary alicyclic amines) is 1. The largest absolute Gasteiger partial charge is 0.342 e. The van der Waals surface area contributed by atoms with E-state index in [9.17, 15) is 9.18 Å². The number of hydrogen-bond donors (Lipinski definition) is 0. The van der Waals surface area contributed by atoms with E-state index in [0.29, 0.717) is 5.92 Å². The van der Waals surface area contributed by atoms with Crippen LogP contribution in [-0.2, 0) is 10.2 Å². The number of amides is 1. The van der Waals surface area contributed by atoms with Crippen molar-refractivity contribution in [1.82, 2.24) is 4.90 Å². The van der Waals surface area contributed by atoms with E-state index in [0.717, 1.165) is 44.3 Å². The van der Waals surface area contributed by atoms with E-state index < -0.39 is 0 Å². The van der Waals surface area contributed by atoms with Crippen LogP contribution in [0.1, 0.15) is 42.0 Å². The Bertz CT molecular complexity index is 683. The van der Waals surface area contributed by atoms with Gasteiger partial charge < -0.3 is 4.90 Å². The summed E-state index contributed by atoms with van der Waals surface area (Å²) in [6.45, 7) is 1.68. The minimum Gasteiger partial charge on any atom is -0.342 e. The van der Waals surface area contributed by atoms with Gasteiger partial charge in [-0.1, -0.05) is 18.2 Å². The molecule has 2 aliphatic rings. The van der Waals surface area contributed by atoms with Crippen LogP contribution >= 0.6 is 11.3 Å².